The molecule has 2 aromatic rings. The lowest BCUT2D eigenvalue weighted by Crippen LogP contribution is -2.53. The maximum Gasteiger partial charge on any atom is 0.273 e. The van der Waals surface area contributed by atoms with Crippen LogP contribution in [0.5, 0.6) is 0 Å². The number of anilines is 2. The van der Waals surface area contributed by atoms with Crippen LogP contribution in [0.4, 0.5) is 16.0 Å². The Kier molecular flexibility index (Phi) is 7.11. The first-order chi connectivity index (χ1) is 17.6. The molecule has 5 rings (SSSR count). The molecule has 9 heteroatoms. The quantitative estimate of drug-likeness (QED) is 0.614. The fraction of sp³-hybridized carbons (Fsp3) is 0.607. The van der Waals surface area contributed by atoms with Crippen LogP contribution in [0.2, 0.25) is 0 Å². The fourth-order valence-electron chi connectivity index (χ4n) is 5.67. The number of carbonyl (C=O) groups excluding carboxylic acids is 1. The Morgan fingerprint density at radius 3 is 2.35 bits per heavy atom. The number of aliphatic hydroxyl groups excluding tert-OH is 1. The Bertz CT molecular complexity index is 1130. The van der Waals surface area contributed by atoms with Crippen LogP contribution in [0.1, 0.15) is 75.3 Å². The molecule has 2 N–H and O–H groups in total. The molecular formula is C28H38FN5O3. The molecule has 1 amide bonds. The molecule has 1 aromatic carbocycles. The number of aliphatic hydroxyl groups is 2. The molecule has 0 unspecified atom stereocenters. The van der Waals surface area contributed by atoms with Crippen molar-refractivity contribution in [3.63, 3.8) is 0 Å². The first kappa shape index (κ1) is 25.9. The number of carbonyl (C=O) groups is 1. The lowest BCUT2D eigenvalue weighted by Gasteiger charge is -2.41. The van der Waals surface area contributed by atoms with E-state index in [-0.39, 0.29) is 36.0 Å². The van der Waals surface area contributed by atoms with Gasteiger partial charge < -0.3 is 24.9 Å². The highest BCUT2D eigenvalue weighted by Gasteiger charge is 2.40. The third-order valence-corrected chi connectivity index (χ3v) is 7.98. The summed E-state index contributed by atoms with van der Waals surface area (Å²) in [7, 11) is 0. The monoisotopic (exact) mass is 511 g/mol. The number of halogens is 1. The van der Waals surface area contributed by atoms with Gasteiger partial charge in [0, 0.05) is 44.0 Å². The van der Waals surface area contributed by atoms with E-state index in [0.29, 0.717) is 42.5 Å². The SMILES string of the molecule is C[C@@H]1CN(c2ccc(C(C)(C)O)cc2F)CCN1c1nccc(C(=O)N(C2CC2)[C@H]2CC[C@H](O)CC2)n1. The molecule has 0 radical (unpaired) electrons. The van der Waals surface area contributed by atoms with E-state index in [9.17, 15) is 19.4 Å². The standard InChI is InChI=1S/C28H38FN5O3/c1-18-17-32(25-11-4-19(16-23(25)29)28(2,3)37)14-15-33(18)27-30-13-12-24(31-27)26(36)34(20-5-6-20)21-7-9-22(35)10-8-21/h4,11-13,16,18,20-22,35,37H,5-10,14-15,17H2,1-3H3/t18-,21-,22-/m1/s1. The van der Waals surface area contributed by atoms with Gasteiger partial charge >= 0.3 is 0 Å². The lowest BCUT2D eigenvalue weighted by atomic mass is 9.91. The van der Waals surface area contributed by atoms with Crippen molar-refractivity contribution in [1.29, 1.82) is 0 Å². The summed E-state index contributed by atoms with van der Waals surface area (Å²) in [6, 6.07) is 7.03. The number of amides is 1. The molecule has 2 heterocycles. The predicted octanol–water partition coefficient (Wildman–Crippen LogP) is 3.47. The van der Waals surface area contributed by atoms with Gasteiger partial charge in [0.05, 0.1) is 17.4 Å². The minimum Gasteiger partial charge on any atom is -0.393 e. The summed E-state index contributed by atoms with van der Waals surface area (Å²) in [5, 5.41) is 20.1. The van der Waals surface area contributed by atoms with Gasteiger partial charge in [-0.2, -0.15) is 0 Å². The van der Waals surface area contributed by atoms with Crippen molar-refractivity contribution in [3.8, 4) is 0 Å². The van der Waals surface area contributed by atoms with Crippen molar-refractivity contribution >= 4 is 17.5 Å². The van der Waals surface area contributed by atoms with E-state index in [1.54, 1.807) is 38.2 Å². The predicted molar refractivity (Wildman–Crippen MR) is 140 cm³/mol. The van der Waals surface area contributed by atoms with Crippen molar-refractivity contribution in [1.82, 2.24) is 14.9 Å². The van der Waals surface area contributed by atoms with Crippen LogP contribution in [-0.4, -0.2) is 74.9 Å². The summed E-state index contributed by atoms with van der Waals surface area (Å²) in [5.74, 6) is 0.123. The minimum atomic E-state index is -1.10. The van der Waals surface area contributed by atoms with E-state index in [1.165, 1.54) is 6.07 Å². The molecule has 3 fully saturated rings. The smallest absolute Gasteiger partial charge is 0.273 e. The zero-order valence-electron chi connectivity index (χ0n) is 22.0. The Labute approximate surface area is 218 Å². The van der Waals surface area contributed by atoms with E-state index < -0.39 is 5.60 Å². The molecule has 37 heavy (non-hydrogen) atoms. The molecule has 3 aliphatic rings. The highest BCUT2D eigenvalue weighted by molar-refractivity contribution is 5.93. The average molecular weight is 512 g/mol. The van der Waals surface area contributed by atoms with Gasteiger partial charge in [0.15, 0.2) is 0 Å². The van der Waals surface area contributed by atoms with E-state index in [0.717, 1.165) is 38.5 Å². The molecule has 1 saturated heterocycles. The van der Waals surface area contributed by atoms with Crippen LogP contribution >= 0.6 is 0 Å². The molecule has 8 nitrogen and oxygen atoms in total. The molecule has 1 atom stereocenters. The summed E-state index contributed by atoms with van der Waals surface area (Å²) in [6.07, 6.45) is 6.56. The van der Waals surface area contributed by atoms with Crippen molar-refractivity contribution in [2.24, 2.45) is 0 Å². The minimum absolute atomic E-state index is 0.00632. The summed E-state index contributed by atoms with van der Waals surface area (Å²) < 4.78 is 14.9. The Balaban J connectivity index is 1.29. The Morgan fingerprint density at radius 2 is 1.76 bits per heavy atom. The Morgan fingerprint density at radius 1 is 1.08 bits per heavy atom. The van der Waals surface area contributed by atoms with Gasteiger partial charge in [-0.1, -0.05) is 6.07 Å². The molecule has 0 bridgehead atoms. The first-order valence-corrected chi connectivity index (χ1v) is 13.5. The molecule has 2 aliphatic carbocycles. The highest BCUT2D eigenvalue weighted by Crippen LogP contribution is 2.35. The fourth-order valence-corrected chi connectivity index (χ4v) is 5.67. The number of hydrogen-bond acceptors (Lipinski definition) is 7. The van der Waals surface area contributed by atoms with E-state index >= 15 is 0 Å². The van der Waals surface area contributed by atoms with Crippen LogP contribution in [-0.2, 0) is 5.60 Å². The van der Waals surface area contributed by atoms with Gasteiger partial charge in [-0.15, -0.1) is 0 Å². The van der Waals surface area contributed by atoms with Crippen LogP contribution in [0, 0.1) is 5.82 Å². The average Bonchev–Trinajstić information content (AvgIpc) is 3.70. The van der Waals surface area contributed by atoms with Gasteiger partial charge in [-0.25, -0.2) is 14.4 Å². The van der Waals surface area contributed by atoms with Gasteiger partial charge in [0.25, 0.3) is 5.91 Å². The molecule has 200 valence electrons. The normalized spacial score (nSPS) is 24.8. The van der Waals surface area contributed by atoms with Crippen LogP contribution < -0.4 is 9.80 Å². The van der Waals surface area contributed by atoms with Crippen molar-refractivity contribution in [2.75, 3.05) is 29.4 Å². The van der Waals surface area contributed by atoms with Gasteiger partial charge in [-0.3, -0.25) is 4.79 Å². The van der Waals surface area contributed by atoms with Gasteiger partial charge in [0.1, 0.15) is 11.5 Å². The maximum absolute atomic E-state index is 14.9. The van der Waals surface area contributed by atoms with Crippen LogP contribution in [0.15, 0.2) is 30.5 Å². The molecule has 2 saturated carbocycles. The second-order valence-electron chi connectivity index (χ2n) is 11.4. The molecule has 1 aliphatic heterocycles. The van der Waals surface area contributed by atoms with E-state index in [1.807, 2.05) is 9.80 Å². The number of piperazine rings is 1. The summed E-state index contributed by atoms with van der Waals surface area (Å²) in [6.45, 7) is 7.10. The van der Waals surface area contributed by atoms with Gasteiger partial charge in [0.2, 0.25) is 5.95 Å². The number of hydrogen-bond donors (Lipinski definition) is 2. The number of nitrogens with zero attached hydrogens (tertiary/aromatic N) is 5. The van der Waals surface area contributed by atoms with Crippen molar-refractivity contribution in [2.45, 2.75) is 89.1 Å². The highest BCUT2D eigenvalue weighted by atomic mass is 19.1. The summed E-state index contributed by atoms with van der Waals surface area (Å²) >= 11 is 0. The number of aromatic nitrogens is 2. The van der Waals surface area contributed by atoms with Gasteiger partial charge in [-0.05, 0) is 83.1 Å². The number of rotatable bonds is 6. The van der Waals surface area contributed by atoms with Crippen molar-refractivity contribution in [3.05, 3.63) is 47.5 Å². The topological polar surface area (TPSA) is 93.0 Å². The van der Waals surface area contributed by atoms with E-state index in [4.69, 9.17) is 4.98 Å². The third-order valence-electron chi connectivity index (χ3n) is 7.98. The maximum atomic E-state index is 14.9. The van der Waals surface area contributed by atoms with Crippen LogP contribution in [0.3, 0.4) is 0 Å². The zero-order chi connectivity index (χ0) is 26.3. The first-order valence-electron chi connectivity index (χ1n) is 13.5. The second kappa shape index (κ2) is 10.2. The number of benzene rings is 1. The zero-order valence-corrected chi connectivity index (χ0v) is 22.0. The molecular weight excluding hydrogens is 473 g/mol. The largest absolute Gasteiger partial charge is 0.393 e. The second-order valence-corrected chi connectivity index (χ2v) is 11.4. The molecule has 0 spiro atoms. The Hall–Kier alpha value is -2.78. The van der Waals surface area contributed by atoms with Crippen LogP contribution in [0.25, 0.3) is 0 Å². The lowest BCUT2D eigenvalue weighted by molar-refractivity contribution is 0.0470. The summed E-state index contributed by atoms with van der Waals surface area (Å²) in [4.78, 5) is 28.9. The molecule has 1 aromatic heterocycles. The third kappa shape index (κ3) is 5.57. The van der Waals surface area contributed by atoms with Crippen molar-refractivity contribution < 1.29 is 19.4 Å². The van der Waals surface area contributed by atoms with E-state index in [2.05, 4.69) is 16.8 Å². The summed E-state index contributed by atoms with van der Waals surface area (Å²) in [5.41, 5.74) is 0.367.